The molecule has 3 rings (SSSR count). The quantitative estimate of drug-likeness (QED) is 0.716. The van der Waals surface area contributed by atoms with Gasteiger partial charge in [0.15, 0.2) is 0 Å². The van der Waals surface area contributed by atoms with Crippen LogP contribution in [0.5, 0.6) is 0 Å². The van der Waals surface area contributed by atoms with Gasteiger partial charge in [-0.05, 0) is 43.0 Å². The lowest BCUT2D eigenvalue weighted by molar-refractivity contribution is 0.606. The van der Waals surface area contributed by atoms with Crippen LogP contribution in [-0.2, 0) is 5.41 Å². The number of benzene rings is 1. The maximum Gasteiger partial charge on any atom is 0.126 e. The van der Waals surface area contributed by atoms with Crippen molar-refractivity contribution in [3.05, 3.63) is 35.1 Å². The third-order valence-electron chi connectivity index (χ3n) is 3.81. The average Bonchev–Trinajstić information content (AvgIpc) is 2.75. The molecule has 1 aliphatic heterocycles. The minimum atomic E-state index is -0.0607. The van der Waals surface area contributed by atoms with E-state index in [4.69, 9.17) is 0 Å². The third kappa shape index (κ3) is 0.976. The van der Waals surface area contributed by atoms with Crippen molar-refractivity contribution in [3.8, 4) is 0 Å². The highest BCUT2D eigenvalue weighted by Crippen LogP contribution is 2.56. The molecule has 0 aromatic heterocycles. The summed E-state index contributed by atoms with van der Waals surface area (Å²) in [6.45, 7) is 3.95. The molecule has 1 aromatic carbocycles. The van der Waals surface area contributed by atoms with Gasteiger partial charge in [-0.15, -0.1) is 0 Å². The molecule has 1 nitrogen and oxygen atoms in total. The van der Waals surface area contributed by atoms with Crippen LogP contribution in [-0.4, -0.2) is 13.1 Å². The minimum absolute atomic E-state index is 0.0607. The fraction of sp³-hybridized carbons (Fsp3) is 0.500. The van der Waals surface area contributed by atoms with E-state index in [-0.39, 0.29) is 11.2 Å². The summed E-state index contributed by atoms with van der Waals surface area (Å²) >= 11 is 0. The van der Waals surface area contributed by atoms with Crippen molar-refractivity contribution < 1.29 is 4.39 Å². The molecule has 2 aliphatic rings. The smallest absolute Gasteiger partial charge is 0.126 e. The van der Waals surface area contributed by atoms with E-state index in [1.54, 1.807) is 6.07 Å². The Morgan fingerprint density at radius 2 is 2.36 bits per heavy atom. The normalized spacial score (nSPS) is 34.3. The first-order valence-corrected chi connectivity index (χ1v) is 5.20. The first kappa shape index (κ1) is 8.42. The molecular formula is C12H14FN. The van der Waals surface area contributed by atoms with Gasteiger partial charge in [0, 0.05) is 12.0 Å². The molecule has 2 atom stereocenters. The molecule has 1 unspecified atom stereocenters. The molecular weight excluding hydrogens is 177 g/mol. The number of hydrogen-bond acceptors (Lipinski definition) is 1. The van der Waals surface area contributed by atoms with E-state index in [2.05, 4.69) is 11.4 Å². The summed E-state index contributed by atoms with van der Waals surface area (Å²) in [6, 6.07) is 5.71. The van der Waals surface area contributed by atoms with Crippen molar-refractivity contribution in [3.63, 3.8) is 0 Å². The molecule has 1 aliphatic carbocycles. The minimum Gasteiger partial charge on any atom is -0.316 e. The molecule has 1 heterocycles. The summed E-state index contributed by atoms with van der Waals surface area (Å²) in [7, 11) is 0. The number of fused-ring (bicyclic) bond motifs is 1. The Kier molecular flexibility index (Phi) is 1.55. The number of rotatable bonds is 1. The van der Waals surface area contributed by atoms with Crippen molar-refractivity contribution in [2.45, 2.75) is 18.8 Å². The van der Waals surface area contributed by atoms with E-state index in [9.17, 15) is 4.39 Å². The monoisotopic (exact) mass is 191 g/mol. The zero-order valence-electron chi connectivity index (χ0n) is 8.31. The highest BCUT2D eigenvalue weighted by molar-refractivity contribution is 5.38. The van der Waals surface area contributed by atoms with E-state index >= 15 is 0 Å². The number of halogens is 1. The lowest BCUT2D eigenvalue weighted by atomic mass is 9.94. The molecule has 14 heavy (non-hydrogen) atoms. The lowest BCUT2D eigenvalue weighted by Gasteiger charge is -2.12. The van der Waals surface area contributed by atoms with Gasteiger partial charge < -0.3 is 5.32 Å². The van der Waals surface area contributed by atoms with Gasteiger partial charge >= 0.3 is 0 Å². The Bertz CT molecular complexity index is 388. The maximum absolute atomic E-state index is 13.4. The molecule has 74 valence electrons. The van der Waals surface area contributed by atoms with Crippen molar-refractivity contribution in [1.29, 1.82) is 0 Å². The number of hydrogen-bond donors (Lipinski definition) is 1. The molecule has 0 radical (unpaired) electrons. The van der Waals surface area contributed by atoms with E-state index in [1.165, 1.54) is 12.0 Å². The summed E-state index contributed by atoms with van der Waals surface area (Å²) < 4.78 is 13.4. The Labute approximate surface area is 83.3 Å². The molecule has 1 saturated carbocycles. The second kappa shape index (κ2) is 2.57. The molecule has 0 bridgehead atoms. The van der Waals surface area contributed by atoms with Crippen molar-refractivity contribution in [2.75, 3.05) is 13.1 Å². The standard InChI is InChI=1S/C12H14FN/c1-8-2-3-9(4-11(8)13)12-5-10(12)6-14-7-12/h2-4,10,14H,5-7H2,1H3/t10?,12-/m0/s1. The van der Waals surface area contributed by atoms with Crippen LogP contribution in [0.15, 0.2) is 18.2 Å². The molecule has 0 spiro atoms. The summed E-state index contributed by atoms with van der Waals surface area (Å²) in [5.41, 5.74) is 2.22. The second-order valence-electron chi connectivity index (χ2n) is 4.65. The Balaban J connectivity index is 2.01. The fourth-order valence-corrected chi connectivity index (χ4v) is 2.69. The van der Waals surface area contributed by atoms with Gasteiger partial charge in [0.2, 0.25) is 0 Å². The van der Waals surface area contributed by atoms with E-state index in [0.717, 1.165) is 24.6 Å². The average molecular weight is 191 g/mol. The second-order valence-corrected chi connectivity index (χ2v) is 4.65. The fourth-order valence-electron chi connectivity index (χ4n) is 2.69. The first-order valence-electron chi connectivity index (χ1n) is 5.20. The molecule has 1 N–H and O–H groups in total. The van der Waals surface area contributed by atoms with Gasteiger partial charge in [0.05, 0.1) is 0 Å². The first-order chi connectivity index (χ1) is 6.72. The van der Waals surface area contributed by atoms with Gasteiger partial charge in [-0.2, -0.15) is 0 Å². The SMILES string of the molecule is Cc1ccc([C@]23CNCC2C3)cc1F. The van der Waals surface area contributed by atoms with Crippen molar-refractivity contribution in [2.24, 2.45) is 5.92 Å². The van der Waals surface area contributed by atoms with E-state index in [0.29, 0.717) is 0 Å². The topological polar surface area (TPSA) is 12.0 Å². The zero-order chi connectivity index (χ0) is 9.76. The van der Waals surface area contributed by atoms with Gasteiger partial charge in [0.25, 0.3) is 0 Å². The highest BCUT2D eigenvalue weighted by Gasteiger charge is 2.58. The van der Waals surface area contributed by atoms with Crippen LogP contribution in [0.4, 0.5) is 4.39 Å². The van der Waals surface area contributed by atoms with Crippen LogP contribution in [0.2, 0.25) is 0 Å². The van der Waals surface area contributed by atoms with Gasteiger partial charge in [-0.25, -0.2) is 4.39 Å². The Hall–Kier alpha value is -0.890. The van der Waals surface area contributed by atoms with Crippen LogP contribution in [0.3, 0.4) is 0 Å². The van der Waals surface area contributed by atoms with Gasteiger partial charge in [-0.1, -0.05) is 12.1 Å². The Morgan fingerprint density at radius 3 is 2.93 bits per heavy atom. The lowest BCUT2D eigenvalue weighted by Crippen LogP contribution is -2.19. The summed E-state index contributed by atoms with van der Waals surface area (Å²) in [6.07, 6.45) is 1.24. The number of piperidine rings is 1. The largest absolute Gasteiger partial charge is 0.316 e. The molecule has 2 fully saturated rings. The van der Waals surface area contributed by atoms with E-state index in [1.807, 2.05) is 13.0 Å². The summed E-state index contributed by atoms with van der Waals surface area (Å²) in [5, 5.41) is 3.37. The molecule has 1 aromatic rings. The predicted octanol–water partition coefficient (Wildman–Crippen LogP) is 2.00. The third-order valence-corrected chi connectivity index (χ3v) is 3.81. The van der Waals surface area contributed by atoms with Crippen molar-refractivity contribution >= 4 is 0 Å². The summed E-state index contributed by atoms with van der Waals surface area (Å²) in [4.78, 5) is 0. The zero-order valence-corrected chi connectivity index (χ0v) is 8.31. The van der Waals surface area contributed by atoms with Crippen LogP contribution in [0.1, 0.15) is 17.5 Å². The maximum atomic E-state index is 13.4. The predicted molar refractivity (Wildman–Crippen MR) is 53.8 cm³/mol. The number of aryl methyl sites for hydroxylation is 1. The van der Waals surface area contributed by atoms with Gasteiger partial charge in [-0.3, -0.25) is 0 Å². The van der Waals surface area contributed by atoms with Gasteiger partial charge in [0.1, 0.15) is 5.82 Å². The number of nitrogens with one attached hydrogen (secondary N) is 1. The Morgan fingerprint density at radius 1 is 1.50 bits per heavy atom. The van der Waals surface area contributed by atoms with Crippen molar-refractivity contribution in [1.82, 2.24) is 5.32 Å². The van der Waals surface area contributed by atoms with Crippen LogP contribution in [0, 0.1) is 18.7 Å². The van der Waals surface area contributed by atoms with Crippen LogP contribution in [0.25, 0.3) is 0 Å². The van der Waals surface area contributed by atoms with Crippen LogP contribution >= 0.6 is 0 Å². The van der Waals surface area contributed by atoms with E-state index < -0.39 is 0 Å². The molecule has 1 saturated heterocycles. The molecule has 2 heteroatoms. The summed E-state index contributed by atoms with van der Waals surface area (Å²) in [5.74, 6) is 0.694. The van der Waals surface area contributed by atoms with Crippen LogP contribution < -0.4 is 5.32 Å². The highest BCUT2D eigenvalue weighted by atomic mass is 19.1. The molecule has 0 amide bonds.